The molecule has 2 aromatic rings. The largest absolute Gasteiger partial charge is 0.274 e. The molecule has 1 aliphatic rings. The summed E-state index contributed by atoms with van der Waals surface area (Å²) in [5.41, 5.74) is 2.96. The number of carbonyl (C=O) groups excluding carboxylic acids is 2. The fraction of sp³-hybridized carbons (Fsp3) is 0.222. The Bertz CT molecular complexity index is 661. The SMILES string of the molecule is Cc1ccc(CC2CC(=O)N(c3ccccc3)C2=O)cc1. The summed E-state index contributed by atoms with van der Waals surface area (Å²) in [6, 6.07) is 17.3. The first-order valence-electron chi connectivity index (χ1n) is 7.12. The lowest BCUT2D eigenvalue weighted by molar-refractivity contribution is -0.122. The van der Waals surface area contributed by atoms with E-state index in [0.717, 1.165) is 5.56 Å². The molecule has 106 valence electrons. The van der Waals surface area contributed by atoms with Gasteiger partial charge in [0.2, 0.25) is 11.8 Å². The topological polar surface area (TPSA) is 37.4 Å². The normalized spacial score (nSPS) is 18.3. The fourth-order valence-corrected chi connectivity index (χ4v) is 2.71. The second-order valence-corrected chi connectivity index (χ2v) is 5.49. The predicted octanol–water partition coefficient (Wildman–Crippen LogP) is 3.12. The van der Waals surface area contributed by atoms with Crippen LogP contribution in [0.3, 0.4) is 0 Å². The Morgan fingerprint density at radius 1 is 1.00 bits per heavy atom. The average Bonchev–Trinajstić information content (AvgIpc) is 2.77. The lowest BCUT2D eigenvalue weighted by Gasteiger charge is -2.14. The first-order valence-corrected chi connectivity index (χ1v) is 7.12. The maximum atomic E-state index is 12.5. The third-order valence-electron chi connectivity index (χ3n) is 3.86. The molecule has 3 nitrogen and oxygen atoms in total. The van der Waals surface area contributed by atoms with Crippen molar-refractivity contribution in [2.75, 3.05) is 4.90 Å². The molecule has 0 N–H and O–H groups in total. The van der Waals surface area contributed by atoms with Crippen LogP contribution in [-0.4, -0.2) is 11.8 Å². The number of nitrogens with zero attached hydrogens (tertiary/aromatic N) is 1. The maximum Gasteiger partial charge on any atom is 0.237 e. The van der Waals surface area contributed by atoms with Crippen molar-refractivity contribution in [2.24, 2.45) is 5.92 Å². The van der Waals surface area contributed by atoms with E-state index in [1.807, 2.05) is 49.4 Å². The Balaban J connectivity index is 1.79. The van der Waals surface area contributed by atoms with Gasteiger partial charge in [0, 0.05) is 6.42 Å². The van der Waals surface area contributed by atoms with Crippen molar-refractivity contribution in [3.8, 4) is 0 Å². The van der Waals surface area contributed by atoms with E-state index in [1.165, 1.54) is 10.5 Å². The van der Waals surface area contributed by atoms with Gasteiger partial charge < -0.3 is 0 Å². The van der Waals surface area contributed by atoms with Gasteiger partial charge in [0.25, 0.3) is 0 Å². The average molecular weight is 279 g/mol. The number of benzene rings is 2. The summed E-state index contributed by atoms with van der Waals surface area (Å²) in [7, 11) is 0. The van der Waals surface area contributed by atoms with Crippen LogP contribution >= 0.6 is 0 Å². The van der Waals surface area contributed by atoms with Gasteiger partial charge in [-0.1, -0.05) is 48.0 Å². The number of hydrogen-bond acceptors (Lipinski definition) is 2. The quantitative estimate of drug-likeness (QED) is 0.810. The molecule has 0 aromatic heterocycles. The minimum absolute atomic E-state index is 0.0909. The van der Waals surface area contributed by atoms with Crippen LogP contribution < -0.4 is 4.90 Å². The minimum Gasteiger partial charge on any atom is -0.274 e. The van der Waals surface area contributed by atoms with E-state index in [1.54, 1.807) is 12.1 Å². The molecule has 3 rings (SSSR count). The number of para-hydroxylation sites is 1. The lowest BCUT2D eigenvalue weighted by atomic mass is 9.97. The van der Waals surface area contributed by atoms with Gasteiger partial charge >= 0.3 is 0 Å². The molecular weight excluding hydrogens is 262 g/mol. The molecular formula is C18H17NO2. The van der Waals surface area contributed by atoms with Gasteiger partial charge in [-0.3, -0.25) is 14.5 Å². The molecule has 21 heavy (non-hydrogen) atoms. The predicted molar refractivity (Wildman–Crippen MR) is 81.9 cm³/mol. The number of carbonyl (C=O) groups is 2. The second kappa shape index (κ2) is 5.52. The van der Waals surface area contributed by atoms with Crippen molar-refractivity contribution in [3.63, 3.8) is 0 Å². The van der Waals surface area contributed by atoms with Crippen LogP contribution in [0.2, 0.25) is 0 Å². The van der Waals surface area contributed by atoms with Gasteiger partial charge in [0.1, 0.15) is 0 Å². The van der Waals surface area contributed by atoms with Crippen LogP contribution in [0.1, 0.15) is 17.5 Å². The summed E-state index contributed by atoms with van der Waals surface area (Å²) in [5, 5.41) is 0. The molecule has 0 saturated carbocycles. The highest BCUT2D eigenvalue weighted by molar-refractivity contribution is 6.20. The molecule has 2 aromatic carbocycles. The van der Waals surface area contributed by atoms with Crippen LogP contribution in [0, 0.1) is 12.8 Å². The Kier molecular flexibility index (Phi) is 3.57. The second-order valence-electron chi connectivity index (χ2n) is 5.49. The molecule has 0 aliphatic carbocycles. The molecule has 2 amide bonds. The molecule has 0 bridgehead atoms. The van der Waals surface area contributed by atoms with Gasteiger partial charge in [-0.2, -0.15) is 0 Å². The summed E-state index contributed by atoms with van der Waals surface area (Å²) in [4.78, 5) is 26.0. The third kappa shape index (κ3) is 2.72. The maximum absolute atomic E-state index is 12.5. The van der Waals surface area contributed by atoms with E-state index in [-0.39, 0.29) is 17.7 Å². The van der Waals surface area contributed by atoms with E-state index in [9.17, 15) is 9.59 Å². The Morgan fingerprint density at radius 2 is 1.67 bits per heavy atom. The van der Waals surface area contributed by atoms with Crippen LogP contribution in [0.25, 0.3) is 0 Å². The van der Waals surface area contributed by atoms with E-state index >= 15 is 0 Å². The zero-order valence-electron chi connectivity index (χ0n) is 12.0. The van der Waals surface area contributed by atoms with Crippen LogP contribution in [0.15, 0.2) is 54.6 Å². The Labute approximate surface area is 124 Å². The number of anilines is 1. The summed E-state index contributed by atoms with van der Waals surface area (Å²) in [6.07, 6.45) is 0.912. The van der Waals surface area contributed by atoms with Gasteiger partial charge in [-0.25, -0.2) is 0 Å². The number of hydrogen-bond donors (Lipinski definition) is 0. The third-order valence-corrected chi connectivity index (χ3v) is 3.86. The van der Waals surface area contributed by atoms with Crippen molar-refractivity contribution >= 4 is 17.5 Å². The highest BCUT2D eigenvalue weighted by Gasteiger charge is 2.39. The minimum atomic E-state index is -0.250. The number of amides is 2. The van der Waals surface area contributed by atoms with Crippen molar-refractivity contribution in [3.05, 3.63) is 65.7 Å². The number of aryl methyl sites for hydroxylation is 1. The molecule has 1 fully saturated rings. The highest BCUT2D eigenvalue weighted by Crippen LogP contribution is 2.28. The van der Waals surface area contributed by atoms with Gasteiger partial charge in [0.05, 0.1) is 11.6 Å². The summed E-state index contributed by atoms with van der Waals surface area (Å²) >= 11 is 0. The summed E-state index contributed by atoms with van der Waals surface area (Å²) in [5.74, 6) is -0.449. The fourth-order valence-electron chi connectivity index (χ4n) is 2.71. The first-order chi connectivity index (χ1) is 10.1. The molecule has 1 atom stereocenters. The smallest absolute Gasteiger partial charge is 0.237 e. The highest BCUT2D eigenvalue weighted by atomic mass is 16.2. The van der Waals surface area contributed by atoms with E-state index in [2.05, 4.69) is 0 Å². The molecule has 1 aliphatic heterocycles. The number of imide groups is 1. The molecule has 1 heterocycles. The van der Waals surface area contributed by atoms with E-state index in [0.29, 0.717) is 18.5 Å². The Hall–Kier alpha value is -2.42. The monoisotopic (exact) mass is 279 g/mol. The van der Waals surface area contributed by atoms with Crippen molar-refractivity contribution in [2.45, 2.75) is 19.8 Å². The van der Waals surface area contributed by atoms with E-state index in [4.69, 9.17) is 0 Å². The van der Waals surface area contributed by atoms with Crippen LogP contribution in [0.5, 0.6) is 0 Å². The Morgan fingerprint density at radius 3 is 2.33 bits per heavy atom. The van der Waals surface area contributed by atoms with Gasteiger partial charge in [0.15, 0.2) is 0 Å². The zero-order chi connectivity index (χ0) is 14.8. The van der Waals surface area contributed by atoms with Crippen molar-refractivity contribution < 1.29 is 9.59 Å². The molecule has 0 radical (unpaired) electrons. The van der Waals surface area contributed by atoms with Gasteiger partial charge in [-0.05, 0) is 31.0 Å². The van der Waals surface area contributed by atoms with Gasteiger partial charge in [-0.15, -0.1) is 0 Å². The first kappa shape index (κ1) is 13.6. The molecule has 0 spiro atoms. The zero-order valence-corrected chi connectivity index (χ0v) is 12.0. The molecule has 1 unspecified atom stereocenters. The molecule has 3 heteroatoms. The van der Waals surface area contributed by atoms with Crippen LogP contribution in [0.4, 0.5) is 5.69 Å². The number of rotatable bonds is 3. The summed E-state index contributed by atoms with van der Waals surface area (Å²) < 4.78 is 0. The molecule has 1 saturated heterocycles. The van der Waals surface area contributed by atoms with Crippen LogP contribution in [-0.2, 0) is 16.0 Å². The summed E-state index contributed by atoms with van der Waals surface area (Å²) in [6.45, 7) is 2.03. The standard InChI is InChI=1S/C18H17NO2/c1-13-7-9-14(10-8-13)11-15-12-17(20)19(18(15)21)16-5-3-2-4-6-16/h2-10,15H,11-12H2,1H3. The lowest BCUT2D eigenvalue weighted by Crippen LogP contribution is -2.30. The van der Waals surface area contributed by atoms with E-state index < -0.39 is 0 Å². The van der Waals surface area contributed by atoms with Crippen molar-refractivity contribution in [1.29, 1.82) is 0 Å². The van der Waals surface area contributed by atoms with Crippen molar-refractivity contribution in [1.82, 2.24) is 0 Å².